The molecule has 5 rings (SSSR count). The molecule has 0 spiro atoms. The van der Waals surface area contributed by atoms with Crippen molar-refractivity contribution in [3.63, 3.8) is 0 Å². The average Bonchev–Trinajstić information content (AvgIpc) is 3.60. The van der Waals surface area contributed by atoms with Crippen molar-refractivity contribution in [3.05, 3.63) is 72.0 Å². The fourth-order valence-electron chi connectivity index (χ4n) is 3.85. The molecule has 1 saturated carbocycles. The standard InChI is InChI=1S/C25H24ClN7O/c1-32(19-11-12-19)13-3-6-21(34)30-18-4-2-5-20(14-18)33-25-22(24(27)28-15-29-25)23(31-33)16-7-9-17(26)10-8-16/h2-10,14-15,19H,11-13H2,1H3,(H,30,34)(H2,27,28,29). The van der Waals surface area contributed by atoms with Gasteiger partial charge in [-0.2, -0.15) is 5.10 Å². The number of halogens is 1. The first-order valence-electron chi connectivity index (χ1n) is 11.0. The summed E-state index contributed by atoms with van der Waals surface area (Å²) in [4.78, 5) is 23.2. The van der Waals surface area contributed by atoms with Crippen molar-refractivity contribution in [3.8, 4) is 16.9 Å². The highest BCUT2D eigenvalue weighted by atomic mass is 35.5. The normalized spacial score (nSPS) is 13.7. The van der Waals surface area contributed by atoms with Crippen LogP contribution >= 0.6 is 11.6 Å². The molecule has 2 aromatic carbocycles. The van der Waals surface area contributed by atoms with E-state index in [0.717, 1.165) is 17.8 Å². The largest absolute Gasteiger partial charge is 0.383 e. The molecule has 0 atom stereocenters. The Labute approximate surface area is 202 Å². The van der Waals surface area contributed by atoms with Crippen LogP contribution in [0.1, 0.15) is 12.8 Å². The molecule has 8 nitrogen and oxygen atoms in total. The Morgan fingerprint density at radius 1 is 1.24 bits per heavy atom. The number of benzene rings is 2. The Kier molecular flexibility index (Phi) is 6.00. The van der Waals surface area contributed by atoms with Gasteiger partial charge in [-0.05, 0) is 50.2 Å². The number of amides is 1. The second-order valence-corrected chi connectivity index (χ2v) is 8.77. The number of likely N-dealkylation sites (N-methyl/N-ethyl adjacent to an activating group) is 1. The monoisotopic (exact) mass is 473 g/mol. The predicted molar refractivity (Wildman–Crippen MR) is 135 cm³/mol. The molecule has 9 heteroatoms. The SMILES string of the molecule is CN(CC=CC(=O)Nc1cccc(-n2nc(-c3ccc(Cl)cc3)c3c(N)ncnc32)c1)C1CC1. The molecule has 0 radical (unpaired) electrons. The number of nitrogens with zero attached hydrogens (tertiary/aromatic N) is 5. The van der Waals surface area contributed by atoms with Gasteiger partial charge in [-0.25, -0.2) is 14.6 Å². The lowest BCUT2D eigenvalue weighted by atomic mass is 10.1. The van der Waals surface area contributed by atoms with Crippen LogP contribution in [-0.2, 0) is 4.79 Å². The first kappa shape index (κ1) is 22.1. The molecular formula is C25H24ClN7O. The van der Waals surface area contributed by atoms with E-state index in [1.165, 1.54) is 19.2 Å². The lowest BCUT2D eigenvalue weighted by Crippen LogP contribution is -2.20. The van der Waals surface area contributed by atoms with Gasteiger partial charge in [-0.15, -0.1) is 0 Å². The number of carbonyl (C=O) groups excluding carboxylic acids is 1. The predicted octanol–water partition coefficient (Wildman–Crippen LogP) is 4.31. The molecule has 2 heterocycles. The smallest absolute Gasteiger partial charge is 0.248 e. The molecule has 4 aromatic rings. The molecule has 1 fully saturated rings. The maximum Gasteiger partial charge on any atom is 0.248 e. The maximum atomic E-state index is 12.4. The molecule has 172 valence electrons. The van der Waals surface area contributed by atoms with Gasteiger partial charge in [0, 0.05) is 34.9 Å². The van der Waals surface area contributed by atoms with Crippen molar-refractivity contribution in [2.24, 2.45) is 0 Å². The number of hydrogen-bond donors (Lipinski definition) is 2. The average molecular weight is 474 g/mol. The topological polar surface area (TPSA) is 102 Å². The van der Waals surface area contributed by atoms with Gasteiger partial charge in [0.05, 0.1) is 11.1 Å². The fourth-order valence-corrected chi connectivity index (χ4v) is 3.98. The van der Waals surface area contributed by atoms with E-state index >= 15 is 0 Å². The second kappa shape index (κ2) is 9.24. The van der Waals surface area contributed by atoms with Crippen molar-refractivity contribution >= 4 is 40.0 Å². The molecular weight excluding hydrogens is 450 g/mol. The van der Waals surface area contributed by atoms with Gasteiger partial charge >= 0.3 is 0 Å². The number of anilines is 2. The molecule has 1 amide bonds. The van der Waals surface area contributed by atoms with Crippen LogP contribution in [0.5, 0.6) is 0 Å². The molecule has 0 bridgehead atoms. The summed E-state index contributed by atoms with van der Waals surface area (Å²) in [5.41, 5.74) is 9.67. The van der Waals surface area contributed by atoms with Crippen LogP contribution in [-0.4, -0.2) is 50.2 Å². The van der Waals surface area contributed by atoms with Gasteiger partial charge in [-0.1, -0.05) is 35.9 Å². The summed E-state index contributed by atoms with van der Waals surface area (Å²) in [7, 11) is 2.08. The quantitative estimate of drug-likeness (QED) is 0.388. The third-order valence-corrected chi connectivity index (χ3v) is 6.05. The summed E-state index contributed by atoms with van der Waals surface area (Å²) in [5, 5.41) is 9.00. The lowest BCUT2D eigenvalue weighted by Gasteiger charge is -2.11. The third kappa shape index (κ3) is 4.64. The van der Waals surface area contributed by atoms with E-state index in [2.05, 4.69) is 27.2 Å². The van der Waals surface area contributed by atoms with Crippen LogP contribution in [0.2, 0.25) is 5.02 Å². The van der Waals surface area contributed by atoms with E-state index in [1.807, 2.05) is 42.5 Å². The van der Waals surface area contributed by atoms with E-state index < -0.39 is 0 Å². The highest BCUT2D eigenvalue weighted by molar-refractivity contribution is 6.30. The number of nitrogen functional groups attached to an aromatic ring is 1. The van der Waals surface area contributed by atoms with E-state index in [0.29, 0.717) is 39.3 Å². The number of carbonyl (C=O) groups is 1. The van der Waals surface area contributed by atoms with Crippen LogP contribution in [0.15, 0.2) is 67.0 Å². The van der Waals surface area contributed by atoms with Gasteiger partial charge < -0.3 is 11.1 Å². The van der Waals surface area contributed by atoms with Crippen LogP contribution in [0.25, 0.3) is 28.0 Å². The van der Waals surface area contributed by atoms with E-state index in [4.69, 9.17) is 22.4 Å². The number of fused-ring (bicyclic) bond motifs is 1. The zero-order valence-electron chi connectivity index (χ0n) is 18.6. The van der Waals surface area contributed by atoms with Crippen molar-refractivity contribution in [1.82, 2.24) is 24.6 Å². The van der Waals surface area contributed by atoms with Crippen LogP contribution in [0.3, 0.4) is 0 Å². The second-order valence-electron chi connectivity index (χ2n) is 8.34. The number of nitrogens with one attached hydrogen (secondary N) is 1. The number of aromatic nitrogens is 4. The van der Waals surface area contributed by atoms with Crippen LogP contribution in [0.4, 0.5) is 11.5 Å². The summed E-state index contributed by atoms with van der Waals surface area (Å²) in [6, 6.07) is 15.4. The number of hydrogen-bond acceptors (Lipinski definition) is 6. The zero-order chi connectivity index (χ0) is 23.7. The highest BCUT2D eigenvalue weighted by Crippen LogP contribution is 2.32. The van der Waals surface area contributed by atoms with Crippen molar-refractivity contribution in [2.45, 2.75) is 18.9 Å². The molecule has 2 aromatic heterocycles. The summed E-state index contributed by atoms with van der Waals surface area (Å²) in [6.45, 7) is 0.756. The minimum Gasteiger partial charge on any atom is -0.383 e. The first-order valence-corrected chi connectivity index (χ1v) is 11.4. The zero-order valence-corrected chi connectivity index (χ0v) is 19.4. The fraction of sp³-hybridized carbons (Fsp3) is 0.200. The molecule has 1 aliphatic rings. The molecule has 1 aliphatic carbocycles. The van der Waals surface area contributed by atoms with Crippen molar-refractivity contribution in [1.29, 1.82) is 0 Å². The van der Waals surface area contributed by atoms with Gasteiger partial charge in [0.15, 0.2) is 5.65 Å². The summed E-state index contributed by atoms with van der Waals surface area (Å²) < 4.78 is 1.70. The highest BCUT2D eigenvalue weighted by Gasteiger charge is 2.25. The maximum absolute atomic E-state index is 12.4. The Hall–Kier alpha value is -3.75. The summed E-state index contributed by atoms with van der Waals surface area (Å²) in [5.74, 6) is 0.159. The number of rotatable bonds is 7. The molecule has 0 aliphatic heterocycles. The molecule has 0 saturated heterocycles. The van der Waals surface area contributed by atoms with E-state index in [-0.39, 0.29) is 5.91 Å². The Balaban J connectivity index is 1.43. The summed E-state index contributed by atoms with van der Waals surface area (Å²) in [6.07, 6.45) is 7.35. The minimum atomic E-state index is -0.180. The van der Waals surface area contributed by atoms with Gasteiger partial charge in [0.2, 0.25) is 5.91 Å². The number of nitrogens with two attached hydrogens (primary N) is 1. The minimum absolute atomic E-state index is 0.180. The molecule has 0 unspecified atom stereocenters. The van der Waals surface area contributed by atoms with Crippen molar-refractivity contribution < 1.29 is 4.79 Å². The van der Waals surface area contributed by atoms with Crippen molar-refractivity contribution in [2.75, 3.05) is 24.6 Å². The molecule has 3 N–H and O–H groups in total. The van der Waals surface area contributed by atoms with Crippen LogP contribution in [0, 0.1) is 0 Å². The van der Waals surface area contributed by atoms with Gasteiger partial charge in [-0.3, -0.25) is 9.69 Å². The molecule has 34 heavy (non-hydrogen) atoms. The van der Waals surface area contributed by atoms with E-state index in [9.17, 15) is 4.79 Å². The third-order valence-electron chi connectivity index (χ3n) is 5.80. The summed E-state index contributed by atoms with van der Waals surface area (Å²) >= 11 is 6.06. The van der Waals surface area contributed by atoms with Gasteiger partial charge in [0.1, 0.15) is 17.8 Å². The first-order chi connectivity index (χ1) is 16.5. The van der Waals surface area contributed by atoms with Gasteiger partial charge in [0.25, 0.3) is 0 Å². The Bertz CT molecular complexity index is 1380. The van der Waals surface area contributed by atoms with Crippen LogP contribution < -0.4 is 11.1 Å². The Morgan fingerprint density at radius 3 is 2.79 bits per heavy atom. The Morgan fingerprint density at radius 2 is 2.03 bits per heavy atom. The van der Waals surface area contributed by atoms with E-state index in [1.54, 1.807) is 22.9 Å². The lowest BCUT2D eigenvalue weighted by molar-refractivity contribution is -0.111.